The van der Waals surface area contributed by atoms with Gasteiger partial charge in [0.05, 0.1) is 29.7 Å². The smallest absolute Gasteiger partial charge is 0.307 e. The van der Waals surface area contributed by atoms with Gasteiger partial charge in [0.15, 0.2) is 5.82 Å². The molecule has 0 radical (unpaired) electrons. The van der Waals surface area contributed by atoms with Crippen LogP contribution in [0.15, 0.2) is 29.7 Å². The lowest BCUT2D eigenvalue weighted by Gasteiger charge is -2.20. The molecule has 11 heteroatoms. The summed E-state index contributed by atoms with van der Waals surface area (Å²) in [7, 11) is 1.85. The molecular formula is C29H35N5O5S. The zero-order chi connectivity index (χ0) is 28.2. The number of ether oxygens (including phenoxy) is 1. The van der Waals surface area contributed by atoms with E-state index in [1.165, 1.54) is 11.3 Å². The van der Waals surface area contributed by atoms with Gasteiger partial charge in [0.25, 0.3) is 0 Å². The first-order chi connectivity index (χ1) is 19.3. The van der Waals surface area contributed by atoms with Gasteiger partial charge in [-0.25, -0.2) is 4.98 Å². The molecule has 0 bridgehead atoms. The topological polar surface area (TPSA) is 128 Å². The van der Waals surface area contributed by atoms with Gasteiger partial charge in [-0.2, -0.15) is 10.1 Å². The number of aryl methyl sites for hydroxylation is 2. The summed E-state index contributed by atoms with van der Waals surface area (Å²) in [5.74, 6) is 0.269. The molecule has 1 amide bonds. The Morgan fingerprint density at radius 1 is 1.20 bits per heavy atom. The first-order valence-electron chi connectivity index (χ1n) is 13.9. The number of carbonyl (C=O) groups excluding carboxylic acids is 2. The van der Waals surface area contributed by atoms with Gasteiger partial charge in [0.1, 0.15) is 22.8 Å². The number of nitrogens with zero attached hydrogens (tertiary/aromatic N) is 5. The number of carboxylic acids is 1. The number of rotatable bonds is 13. The van der Waals surface area contributed by atoms with Gasteiger partial charge in [-0.3, -0.25) is 14.3 Å². The van der Waals surface area contributed by atoms with E-state index < -0.39 is 12.0 Å². The molecule has 1 unspecified atom stereocenters. The van der Waals surface area contributed by atoms with Crippen LogP contribution in [-0.2, 0) is 21.4 Å². The van der Waals surface area contributed by atoms with Crippen molar-refractivity contribution < 1.29 is 24.2 Å². The summed E-state index contributed by atoms with van der Waals surface area (Å²) in [5.41, 5.74) is 2.44. The molecular weight excluding hydrogens is 530 g/mol. The van der Waals surface area contributed by atoms with Crippen molar-refractivity contribution in [3.63, 3.8) is 0 Å². The maximum atomic E-state index is 13.0. The van der Waals surface area contributed by atoms with E-state index in [1.54, 1.807) is 9.58 Å². The molecule has 212 valence electrons. The van der Waals surface area contributed by atoms with Crippen LogP contribution in [0.1, 0.15) is 57.1 Å². The van der Waals surface area contributed by atoms with E-state index in [-0.39, 0.29) is 23.8 Å². The number of aldehydes is 1. The number of aromatic nitrogens is 4. The van der Waals surface area contributed by atoms with Gasteiger partial charge in [-0.05, 0) is 56.0 Å². The molecule has 1 aliphatic carbocycles. The lowest BCUT2D eigenvalue weighted by atomic mass is 10.1. The fourth-order valence-electron chi connectivity index (χ4n) is 5.35. The van der Waals surface area contributed by atoms with Crippen LogP contribution in [0.4, 0.5) is 0 Å². The third-order valence-corrected chi connectivity index (χ3v) is 8.51. The summed E-state index contributed by atoms with van der Waals surface area (Å²) >= 11 is 1.50. The molecule has 3 aromatic rings. The first kappa shape index (κ1) is 27.9. The quantitative estimate of drug-likeness (QED) is 0.181. The van der Waals surface area contributed by atoms with Crippen molar-refractivity contribution in [2.45, 2.75) is 70.4 Å². The standard InChI is InChI=1S/C29H35N5O5S/c1-18-13-24(33(2)32-18)27-30-23-11-12-40-26(23)28(31-27)39-21-15-20(17-35)34(16-21)25(36)10-8-6-4-3-5-7-9-19-14-22(19)29(37)38/h7,9,11-13,17,19-22H,3-6,8,10,14-16H2,1-2H3,(H,37,38)/b9-7-/t19-,20+,21?,22+/m1/s1. The highest BCUT2D eigenvalue weighted by atomic mass is 32.1. The number of unbranched alkanes of at least 4 members (excludes halogenated alkanes) is 4. The molecule has 40 heavy (non-hydrogen) atoms. The van der Waals surface area contributed by atoms with E-state index >= 15 is 0 Å². The van der Waals surface area contributed by atoms with Crippen molar-refractivity contribution >= 4 is 39.7 Å². The minimum Gasteiger partial charge on any atom is -0.481 e. The normalized spacial score (nSPS) is 22.3. The maximum Gasteiger partial charge on any atom is 0.307 e. The van der Waals surface area contributed by atoms with E-state index in [4.69, 9.17) is 14.8 Å². The van der Waals surface area contributed by atoms with E-state index in [0.29, 0.717) is 31.1 Å². The Morgan fingerprint density at radius 2 is 2.02 bits per heavy atom. The van der Waals surface area contributed by atoms with Gasteiger partial charge < -0.3 is 19.5 Å². The lowest BCUT2D eigenvalue weighted by molar-refractivity contribution is -0.138. The molecule has 1 saturated heterocycles. The molecule has 1 saturated carbocycles. The van der Waals surface area contributed by atoms with E-state index in [9.17, 15) is 14.4 Å². The first-order valence-corrected chi connectivity index (χ1v) is 14.8. The zero-order valence-electron chi connectivity index (χ0n) is 22.9. The number of likely N-dealkylation sites (tertiary alicyclic amines) is 1. The molecule has 1 aliphatic heterocycles. The van der Waals surface area contributed by atoms with Crippen molar-refractivity contribution in [2.24, 2.45) is 18.9 Å². The van der Waals surface area contributed by atoms with Gasteiger partial charge in [-0.1, -0.05) is 25.0 Å². The molecule has 0 aromatic carbocycles. The van der Waals surface area contributed by atoms with Crippen LogP contribution in [0.2, 0.25) is 0 Å². The molecule has 2 aliphatic rings. The molecule has 10 nitrogen and oxygen atoms in total. The minimum atomic E-state index is -0.703. The van der Waals surface area contributed by atoms with Crippen molar-refractivity contribution in [2.75, 3.05) is 6.54 Å². The van der Waals surface area contributed by atoms with Crippen molar-refractivity contribution in [1.29, 1.82) is 0 Å². The fourth-order valence-corrected chi connectivity index (χ4v) is 6.12. The summed E-state index contributed by atoms with van der Waals surface area (Å²) in [6.07, 6.45) is 10.9. The average Bonchev–Trinajstić information content (AvgIpc) is 3.21. The number of allylic oxidation sites excluding steroid dienone is 2. The van der Waals surface area contributed by atoms with Crippen LogP contribution in [0.3, 0.4) is 0 Å². The number of aliphatic carboxylic acids is 1. The Hall–Kier alpha value is -3.60. The Kier molecular flexibility index (Phi) is 8.58. The Bertz CT molecular complexity index is 1410. The van der Waals surface area contributed by atoms with Crippen molar-refractivity contribution in [3.05, 3.63) is 35.4 Å². The van der Waals surface area contributed by atoms with Crippen LogP contribution >= 0.6 is 11.3 Å². The van der Waals surface area contributed by atoms with Crippen LogP contribution < -0.4 is 4.74 Å². The highest BCUT2D eigenvalue weighted by Crippen LogP contribution is 2.39. The van der Waals surface area contributed by atoms with Gasteiger partial charge in [0.2, 0.25) is 11.8 Å². The third-order valence-electron chi connectivity index (χ3n) is 7.62. The number of fused-ring (bicyclic) bond motifs is 1. The number of amides is 1. The summed E-state index contributed by atoms with van der Waals surface area (Å²) < 4.78 is 8.91. The monoisotopic (exact) mass is 565 g/mol. The second-order valence-electron chi connectivity index (χ2n) is 10.7. The molecule has 3 aromatic heterocycles. The van der Waals surface area contributed by atoms with Crippen molar-refractivity contribution in [1.82, 2.24) is 24.6 Å². The lowest BCUT2D eigenvalue weighted by Crippen LogP contribution is -2.37. The molecule has 5 rings (SSSR count). The second kappa shape index (κ2) is 12.3. The number of thiophene rings is 1. The summed E-state index contributed by atoms with van der Waals surface area (Å²) in [6.45, 7) is 2.27. The molecule has 4 atom stereocenters. The number of hydrogen-bond donors (Lipinski definition) is 1. The molecule has 0 spiro atoms. The predicted molar refractivity (Wildman–Crippen MR) is 151 cm³/mol. The fraction of sp³-hybridized carbons (Fsp3) is 0.517. The summed E-state index contributed by atoms with van der Waals surface area (Å²) in [5, 5.41) is 15.3. The highest BCUT2D eigenvalue weighted by molar-refractivity contribution is 7.17. The summed E-state index contributed by atoms with van der Waals surface area (Å²) in [4.78, 5) is 46.7. The van der Waals surface area contributed by atoms with Crippen LogP contribution in [0.5, 0.6) is 5.88 Å². The Morgan fingerprint density at radius 3 is 2.75 bits per heavy atom. The second-order valence-corrected chi connectivity index (χ2v) is 11.6. The average molecular weight is 566 g/mol. The van der Waals surface area contributed by atoms with Gasteiger partial charge in [0, 0.05) is 19.9 Å². The highest BCUT2D eigenvalue weighted by Gasteiger charge is 2.41. The minimum absolute atomic E-state index is 0.0217. The Labute approximate surface area is 237 Å². The maximum absolute atomic E-state index is 13.0. The van der Waals surface area contributed by atoms with E-state index in [1.807, 2.05) is 37.6 Å². The number of hydrogen-bond acceptors (Lipinski definition) is 8. The van der Waals surface area contributed by atoms with Crippen molar-refractivity contribution in [3.8, 4) is 17.4 Å². The van der Waals surface area contributed by atoms with Gasteiger partial charge >= 0.3 is 5.97 Å². The Balaban J connectivity index is 1.11. The largest absolute Gasteiger partial charge is 0.481 e. The van der Waals surface area contributed by atoms with Crippen LogP contribution in [-0.4, -0.2) is 66.6 Å². The molecule has 4 heterocycles. The number of carbonyl (C=O) groups is 3. The molecule has 2 fully saturated rings. The number of carboxylic acid groups (broad SMARTS) is 1. The summed E-state index contributed by atoms with van der Waals surface area (Å²) in [6, 6.07) is 3.36. The third kappa shape index (κ3) is 6.41. The van der Waals surface area contributed by atoms with E-state index in [0.717, 1.165) is 66.4 Å². The van der Waals surface area contributed by atoms with Gasteiger partial charge in [-0.15, -0.1) is 11.3 Å². The zero-order valence-corrected chi connectivity index (χ0v) is 23.7. The molecule has 1 N–H and O–H groups in total. The predicted octanol–water partition coefficient (Wildman–Crippen LogP) is 4.56. The van der Waals surface area contributed by atoms with Crippen LogP contribution in [0.25, 0.3) is 21.7 Å². The SMILES string of the molecule is Cc1cc(-c2nc(OC3C[C@@H](C=O)N(C(=O)CCCCCC/C=C\[C@@H]4C[C@@H]4C(=O)O)C3)c3sccc3n2)n(C)n1. The van der Waals surface area contributed by atoms with Crippen LogP contribution in [0, 0.1) is 18.8 Å². The van der Waals surface area contributed by atoms with E-state index in [2.05, 4.69) is 16.2 Å².